The van der Waals surface area contributed by atoms with E-state index in [1.54, 1.807) is 6.92 Å². The lowest BCUT2D eigenvalue weighted by Gasteiger charge is -2.40. The van der Waals surface area contributed by atoms with Gasteiger partial charge in [0.1, 0.15) is 11.5 Å². The zero-order valence-electron chi connectivity index (χ0n) is 16.3. The van der Waals surface area contributed by atoms with Crippen molar-refractivity contribution < 1.29 is 24.9 Å². The predicted octanol–water partition coefficient (Wildman–Crippen LogP) is 1.47. The lowest BCUT2D eigenvalue weighted by atomic mass is 9.91. The molecular formula is C18H35NO5S2. The van der Waals surface area contributed by atoms with Crippen LogP contribution in [0.3, 0.4) is 0 Å². The maximum absolute atomic E-state index is 11.9. The van der Waals surface area contributed by atoms with Gasteiger partial charge in [0.2, 0.25) is 5.91 Å². The second-order valence-electron chi connectivity index (χ2n) is 8.00. The summed E-state index contributed by atoms with van der Waals surface area (Å²) in [6.07, 6.45) is -0.113. The Morgan fingerprint density at radius 3 is 2.50 bits per heavy atom. The highest BCUT2D eigenvalue weighted by Crippen LogP contribution is 2.31. The summed E-state index contributed by atoms with van der Waals surface area (Å²) in [5.74, 6) is 1.66. The molecule has 0 aromatic heterocycles. The molecule has 1 heterocycles. The first-order valence-electron chi connectivity index (χ1n) is 9.24. The molecule has 1 aliphatic heterocycles. The van der Waals surface area contributed by atoms with Crippen LogP contribution >= 0.6 is 23.5 Å². The van der Waals surface area contributed by atoms with Gasteiger partial charge in [-0.1, -0.05) is 27.7 Å². The number of carbonyl (C=O) groups is 1. The molecular weight excluding hydrogens is 374 g/mol. The van der Waals surface area contributed by atoms with E-state index >= 15 is 0 Å². The number of aliphatic hydroxyl groups is 3. The van der Waals surface area contributed by atoms with E-state index in [9.17, 15) is 20.1 Å². The molecule has 154 valence electrons. The van der Waals surface area contributed by atoms with Gasteiger partial charge in [-0.3, -0.25) is 4.79 Å². The van der Waals surface area contributed by atoms with Gasteiger partial charge in [0.15, 0.2) is 0 Å². The number of amides is 1. The molecule has 4 N–H and O–H groups in total. The van der Waals surface area contributed by atoms with Gasteiger partial charge in [0.25, 0.3) is 0 Å². The van der Waals surface area contributed by atoms with Crippen LogP contribution in [-0.4, -0.2) is 75.4 Å². The van der Waals surface area contributed by atoms with Crippen LogP contribution in [0.5, 0.6) is 0 Å². The topological polar surface area (TPSA) is 99.0 Å². The molecule has 1 rings (SSSR count). The second kappa shape index (κ2) is 11.8. The van der Waals surface area contributed by atoms with E-state index in [0.29, 0.717) is 12.0 Å². The van der Waals surface area contributed by atoms with Crippen LogP contribution in [0.15, 0.2) is 0 Å². The van der Waals surface area contributed by atoms with Crippen LogP contribution in [0, 0.1) is 11.3 Å². The highest BCUT2D eigenvalue weighted by Gasteiger charge is 2.42. The first-order valence-corrected chi connectivity index (χ1v) is 11.4. The van der Waals surface area contributed by atoms with Crippen molar-refractivity contribution in [1.82, 2.24) is 5.32 Å². The minimum atomic E-state index is -0.906. The number of hydrogen-bond donors (Lipinski definition) is 4. The van der Waals surface area contributed by atoms with E-state index in [0.717, 1.165) is 11.5 Å². The lowest BCUT2D eigenvalue weighted by Crippen LogP contribution is -2.53. The van der Waals surface area contributed by atoms with E-state index in [1.807, 2.05) is 11.8 Å². The molecule has 2 unspecified atom stereocenters. The zero-order chi connectivity index (χ0) is 19.7. The molecule has 1 amide bonds. The lowest BCUT2D eigenvalue weighted by molar-refractivity contribution is -0.177. The van der Waals surface area contributed by atoms with Gasteiger partial charge in [-0.05, 0) is 24.0 Å². The molecule has 6 nitrogen and oxygen atoms in total. The van der Waals surface area contributed by atoms with Crippen molar-refractivity contribution in [2.75, 3.05) is 30.4 Å². The smallest absolute Gasteiger partial charge is 0.230 e. The Bertz CT molecular complexity index is 417. The molecule has 0 spiro atoms. The minimum Gasteiger partial charge on any atom is -0.394 e. The maximum atomic E-state index is 11.9. The first kappa shape index (κ1) is 24.0. The molecule has 5 atom stereocenters. The zero-order valence-corrected chi connectivity index (χ0v) is 17.9. The minimum absolute atomic E-state index is 0.0968. The molecule has 0 aromatic rings. The van der Waals surface area contributed by atoms with Crippen LogP contribution in [0.25, 0.3) is 0 Å². The van der Waals surface area contributed by atoms with Gasteiger partial charge in [-0.2, -0.15) is 11.8 Å². The standard InChI is InChI=1S/C18H35NO5S2/c1-12-15(22)13(10-20)24-17(16(12)23)26-11-14(21)19-7-9-25-8-5-6-18(2,3)4/h12-13,15-17,20,22-23H,5-11H2,1-4H3,(H,19,21)/t12-,13?,15-,16?,17+/m0/s1. The summed E-state index contributed by atoms with van der Waals surface area (Å²) in [5, 5.41) is 32.2. The van der Waals surface area contributed by atoms with Crippen molar-refractivity contribution in [1.29, 1.82) is 0 Å². The fraction of sp³-hybridized carbons (Fsp3) is 0.944. The molecule has 8 heteroatoms. The van der Waals surface area contributed by atoms with E-state index in [1.165, 1.54) is 24.6 Å². The van der Waals surface area contributed by atoms with Gasteiger partial charge >= 0.3 is 0 Å². The number of thioether (sulfide) groups is 2. The summed E-state index contributed by atoms with van der Waals surface area (Å²) in [4.78, 5) is 11.9. The third-order valence-corrected chi connectivity index (χ3v) is 6.61. The fourth-order valence-electron chi connectivity index (χ4n) is 2.69. The van der Waals surface area contributed by atoms with Gasteiger partial charge in [0, 0.05) is 18.2 Å². The van der Waals surface area contributed by atoms with Crippen molar-refractivity contribution in [3.05, 3.63) is 0 Å². The summed E-state index contributed by atoms with van der Waals surface area (Å²) in [6, 6.07) is 0. The van der Waals surface area contributed by atoms with Gasteiger partial charge in [-0.25, -0.2) is 0 Å². The molecule has 1 saturated heterocycles. The SMILES string of the molecule is C[C@@H]1C(O)[C@@H](SCC(=O)NCCSCCCC(C)(C)C)OC(CO)[C@H]1O. The number of hydrogen-bond acceptors (Lipinski definition) is 7. The van der Waals surface area contributed by atoms with Crippen LogP contribution in [0.4, 0.5) is 0 Å². The summed E-state index contributed by atoms with van der Waals surface area (Å²) in [5.41, 5.74) is -0.247. The number of ether oxygens (including phenoxy) is 1. The normalized spacial score (nSPS) is 29.6. The molecule has 0 saturated carbocycles. The van der Waals surface area contributed by atoms with Crippen molar-refractivity contribution in [2.45, 2.75) is 64.3 Å². The predicted molar refractivity (Wildman–Crippen MR) is 108 cm³/mol. The summed E-state index contributed by atoms with van der Waals surface area (Å²) in [7, 11) is 0. The van der Waals surface area contributed by atoms with E-state index in [4.69, 9.17) is 4.74 Å². The van der Waals surface area contributed by atoms with Crippen molar-refractivity contribution in [3.8, 4) is 0 Å². The second-order valence-corrected chi connectivity index (χ2v) is 10.3. The fourth-order valence-corrected chi connectivity index (χ4v) is 4.57. The summed E-state index contributed by atoms with van der Waals surface area (Å²) >= 11 is 3.04. The molecule has 0 radical (unpaired) electrons. The molecule has 0 bridgehead atoms. The average molecular weight is 410 g/mol. The molecule has 0 aromatic carbocycles. The quantitative estimate of drug-likeness (QED) is 0.406. The van der Waals surface area contributed by atoms with Crippen LogP contribution < -0.4 is 5.32 Å². The number of nitrogens with one attached hydrogen (secondary N) is 1. The van der Waals surface area contributed by atoms with Crippen LogP contribution in [0.2, 0.25) is 0 Å². The monoisotopic (exact) mass is 409 g/mol. The molecule has 26 heavy (non-hydrogen) atoms. The third-order valence-electron chi connectivity index (χ3n) is 4.39. The maximum Gasteiger partial charge on any atom is 0.230 e. The summed E-state index contributed by atoms with van der Waals surface area (Å²) < 4.78 is 5.51. The van der Waals surface area contributed by atoms with Crippen LogP contribution in [-0.2, 0) is 9.53 Å². The Morgan fingerprint density at radius 1 is 1.19 bits per heavy atom. The van der Waals surface area contributed by atoms with E-state index < -0.39 is 29.7 Å². The molecule has 1 aliphatic rings. The largest absolute Gasteiger partial charge is 0.394 e. The average Bonchev–Trinajstić information content (AvgIpc) is 2.57. The Labute approximate surface area is 165 Å². The highest BCUT2D eigenvalue weighted by atomic mass is 32.2. The third kappa shape index (κ3) is 8.80. The van der Waals surface area contributed by atoms with Gasteiger partial charge in [-0.15, -0.1) is 11.8 Å². The Balaban J connectivity index is 2.16. The summed E-state index contributed by atoms with van der Waals surface area (Å²) in [6.45, 7) is 8.76. The van der Waals surface area contributed by atoms with E-state index in [-0.39, 0.29) is 18.3 Å². The van der Waals surface area contributed by atoms with Gasteiger partial charge in [0.05, 0.1) is 24.6 Å². The first-order chi connectivity index (χ1) is 12.2. The van der Waals surface area contributed by atoms with Crippen molar-refractivity contribution in [3.63, 3.8) is 0 Å². The highest BCUT2D eigenvalue weighted by molar-refractivity contribution is 8.00. The molecule has 1 fully saturated rings. The van der Waals surface area contributed by atoms with Crippen molar-refractivity contribution >= 4 is 29.4 Å². The Kier molecular flexibility index (Phi) is 10.9. The van der Waals surface area contributed by atoms with Crippen molar-refractivity contribution in [2.24, 2.45) is 11.3 Å². The Hall–Kier alpha value is 0.01000. The number of carbonyl (C=O) groups excluding carboxylic acids is 1. The van der Waals surface area contributed by atoms with E-state index in [2.05, 4.69) is 26.1 Å². The molecule has 0 aliphatic carbocycles. The number of aliphatic hydroxyl groups excluding tert-OH is 3. The van der Waals surface area contributed by atoms with Crippen LogP contribution in [0.1, 0.15) is 40.5 Å². The van der Waals surface area contributed by atoms with Gasteiger partial charge < -0.3 is 25.4 Å². The Morgan fingerprint density at radius 2 is 1.88 bits per heavy atom. The number of rotatable bonds is 10.